The fourth-order valence-corrected chi connectivity index (χ4v) is 8.25. The smallest absolute Gasteiger partial charge is 0.267 e. The van der Waals surface area contributed by atoms with Crippen molar-refractivity contribution in [2.24, 2.45) is 17.4 Å². The van der Waals surface area contributed by atoms with Crippen molar-refractivity contribution >= 4 is 47.3 Å². The van der Waals surface area contributed by atoms with Crippen molar-refractivity contribution in [2.75, 3.05) is 57.8 Å². The summed E-state index contributed by atoms with van der Waals surface area (Å²) < 4.78 is 5.61. The van der Waals surface area contributed by atoms with Gasteiger partial charge in [-0.2, -0.15) is 5.26 Å². The molecule has 4 fully saturated rings. The molecule has 1 atom stereocenters. The molecule has 2 aromatic rings. The van der Waals surface area contributed by atoms with Crippen LogP contribution in [0.15, 0.2) is 54.0 Å². The summed E-state index contributed by atoms with van der Waals surface area (Å²) in [6.07, 6.45) is 11.4. The van der Waals surface area contributed by atoms with Gasteiger partial charge in [0.25, 0.3) is 11.8 Å². The maximum absolute atomic E-state index is 13.6. The zero-order chi connectivity index (χ0) is 43.3. The Labute approximate surface area is 356 Å². The van der Waals surface area contributed by atoms with Gasteiger partial charge in [-0.1, -0.05) is 30.9 Å². The van der Waals surface area contributed by atoms with Crippen LogP contribution in [0.25, 0.3) is 0 Å². The topological polar surface area (TPSA) is 228 Å². The predicted octanol–water partition coefficient (Wildman–Crippen LogP) is 3.25. The molecule has 3 aliphatic heterocycles. The van der Waals surface area contributed by atoms with Crippen LogP contribution in [-0.4, -0.2) is 115 Å². The van der Waals surface area contributed by atoms with Crippen molar-refractivity contribution < 1.29 is 33.8 Å². The lowest BCUT2D eigenvalue weighted by atomic mass is 9.95. The number of phenolic OH excluding ortho intramolecular Hbond substituents is 1. The van der Waals surface area contributed by atoms with Crippen LogP contribution in [0.1, 0.15) is 79.3 Å². The third-order valence-corrected chi connectivity index (χ3v) is 11.9. The summed E-state index contributed by atoms with van der Waals surface area (Å²) in [5.74, 6) is -0.165. The number of rotatable bonds is 11. The highest BCUT2D eigenvalue weighted by Gasteiger charge is 2.36. The van der Waals surface area contributed by atoms with Gasteiger partial charge in [0.1, 0.15) is 23.6 Å². The molecule has 0 spiro atoms. The number of methoxy groups -OCH3 is 1. The average molecular weight is 846 g/mol. The van der Waals surface area contributed by atoms with Crippen LogP contribution < -0.4 is 31.7 Å². The van der Waals surface area contributed by atoms with Crippen LogP contribution >= 0.6 is 11.6 Å². The normalized spacial score (nSPS) is 19.7. The highest BCUT2D eigenvalue weighted by Crippen LogP contribution is 2.32. The number of nitrogens with zero attached hydrogens (tertiary/aromatic N) is 5. The van der Waals surface area contributed by atoms with Gasteiger partial charge >= 0.3 is 0 Å². The van der Waals surface area contributed by atoms with Gasteiger partial charge in [0.05, 0.1) is 29.2 Å². The Morgan fingerprint density at radius 2 is 1.72 bits per heavy atom. The van der Waals surface area contributed by atoms with Gasteiger partial charge < -0.3 is 36.4 Å². The van der Waals surface area contributed by atoms with Crippen molar-refractivity contribution in [1.82, 2.24) is 25.3 Å². The molecule has 0 aromatic heterocycles. The minimum atomic E-state index is -1.05. The van der Waals surface area contributed by atoms with E-state index in [4.69, 9.17) is 38.2 Å². The fourth-order valence-electron chi connectivity index (χ4n) is 8.03. The summed E-state index contributed by atoms with van der Waals surface area (Å²) in [5.41, 5.74) is 14.6. The number of phenols is 1. The number of allylic oxidation sites excluding steroid dienone is 2. The third-order valence-electron chi connectivity index (χ3n) is 11.6. The standard InChI is InChI=1S/C36H52N8O6.C7H4ClNO/c1-24-28(36(49)44(23-45)30-9-11-33(46)40-35(30)48)20-27(21-31(24)50-2)42-18-16-41(17-19-42)22-25-12-14-43(15-13-25)32(38)10-8-29(37)34(47)39-26-6-4-3-5-7-26;8-7-3-6(10)2-1-5(7)4-9/h8,10,20-21,23,25-26,30H,3-7,9,11-19,22,37-38H2,1-2H3,(H,39,47)(H,40,46,48);1-3,10H/b29-8-,32-10+;. The molecule has 3 heterocycles. The molecule has 2 aromatic carbocycles. The Bertz CT molecular complexity index is 2000. The lowest BCUT2D eigenvalue weighted by Gasteiger charge is -2.40. The van der Waals surface area contributed by atoms with E-state index in [1.807, 2.05) is 12.1 Å². The number of amides is 5. The maximum Gasteiger partial charge on any atom is 0.267 e. The number of anilines is 1. The number of carbonyl (C=O) groups is 5. The third kappa shape index (κ3) is 11.9. The van der Waals surface area contributed by atoms with E-state index < -0.39 is 23.8 Å². The Morgan fingerprint density at radius 3 is 2.33 bits per heavy atom. The largest absolute Gasteiger partial charge is 0.508 e. The van der Waals surface area contributed by atoms with E-state index in [9.17, 15) is 24.0 Å². The van der Waals surface area contributed by atoms with Gasteiger partial charge in [-0.3, -0.25) is 39.1 Å². The van der Waals surface area contributed by atoms with Crippen molar-refractivity contribution in [2.45, 2.75) is 76.8 Å². The molecule has 1 saturated carbocycles. The van der Waals surface area contributed by atoms with Crippen LogP contribution in [0, 0.1) is 24.2 Å². The summed E-state index contributed by atoms with van der Waals surface area (Å²) in [4.78, 5) is 69.9. The summed E-state index contributed by atoms with van der Waals surface area (Å²) in [6, 6.07) is 8.92. The summed E-state index contributed by atoms with van der Waals surface area (Å²) in [7, 11) is 1.54. The molecule has 322 valence electrons. The van der Waals surface area contributed by atoms with E-state index in [1.165, 1.54) is 31.7 Å². The molecule has 17 heteroatoms. The summed E-state index contributed by atoms with van der Waals surface area (Å²) in [6.45, 7) is 7.62. The molecule has 60 heavy (non-hydrogen) atoms. The Kier molecular flexibility index (Phi) is 16.2. The number of hydrogen-bond acceptors (Lipinski definition) is 13. The Balaban J connectivity index is 0.000000597. The number of halogens is 1. The number of likely N-dealkylation sites (tertiary alicyclic amines) is 1. The summed E-state index contributed by atoms with van der Waals surface area (Å²) in [5, 5.41) is 22.8. The number of piperidine rings is 2. The number of nitrogens with two attached hydrogens (primary N) is 2. The van der Waals surface area contributed by atoms with Crippen LogP contribution in [0.5, 0.6) is 11.5 Å². The molecule has 0 bridgehead atoms. The first-order valence-electron chi connectivity index (χ1n) is 20.5. The molecule has 4 aliphatic rings. The molecule has 16 nitrogen and oxygen atoms in total. The maximum atomic E-state index is 13.6. The molecule has 5 amide bonds. The van der Waals surface area contributed by atoms with E-state index in [-0.39, 0.29) is 46.8 Å². The average Bonchev–Trinajstić information content (AvgIpc) is 3.25. The second-order valence-corrected chi connectivity index (χ2v) is 16.0. The predicted molar refractivity (Wildman–Crippen MR) is 226 cm³/mol. The van der Waals surface area contributed by atoms with Gasteiger partial charge in [0.2, 0.25) is 18.2 Å². The number of aromatic hydroxyl groups is 1. The highest BCUT2D eigenvalue weighted by atomic mass is 35.5. The number of piperazine rings is 1. The molecule has 1 unspecified atom stereocenters. The van der Waals surface area contributed by atoms with Crippen LogP contribution in [-0.2, 0) is 19.2 Å². The zero-order valence-electron chi connectivity index (χ0n) is 34.3. The van der Waals surface area contributed by atoms with Crippen molar-refractivity contribution in [3.63, 3.8) is 0 Å². The zero-order valence-corrected chi connectivity index (χ0v) is 35.1. The number of nitrogens with one attached hydrogen (secondary N) is 2. The van der Waals surface area contributed by atoms with E-state index in [2.05, 4.69) is 25.3 Å². The number of nitriles is 1. The van der Waals surface area contributed by atoms with Crippen molar-refractivity contribution in [3.8, 4) is 17.6 Å². The second-order valence-electron chi connectivity index (χ2n) is 15.6. The first-order chi connectivity index (χ1) is 28.8. The fraction of sp³-hybridized carbons (Fsp3) is 0.488. The van der Waals surface area contributed by atoms with Crippen LogP contribution in [0.4, 0.5) is 5.69 Å². The van der Waals surface area contributed by atoms with Gasteiger partial charge in [-0.25, -0.2) is 0 Å². The monoisotopic (exact) mass is 845 g/mol. The van der Waals surface area contributed by atoms with Crippen LogP contribution in [0.3, 0.4) is 0 Å². The number of imide groups is 2. The Morgan fingerprint density at radius 1 is 1.02 bits per heavy atom. The van der Waals surface area contributed by atoms with E-state index >= 15 is 0 Å². The van der Waals surface area contributed by atoms with Gasteiger partial charge in [-0.15, -0.1) is 0 Å². The lowest BCUT2D eigenvalue weighted by Crippen LogP contribution is -2.54. The van der Waals surface area contributed by atoms with Gasteiger partial charge in [0.15, 0.2) is 0 Å². The second kappa shape index (κ2) is 21.5. The van der Waals surface area contributed by atoms with Crippen molar-refractivity contribution in [1.29, 1.82) is 5.26 Å². The minimum absolute atomic E-state index is 0.0551. The molecule has 7 N–H and O–H groups in total. The molecular formula is C43H56ClN9O7. The SMILES string of the molecule is COc1cc(N2CCN(CC3CCN(/C(N)=C/C=C(\N)C(=O)NC4CCCCC4)CC3)CC2)cc(C(=O)N(C=O)C2CCC(=O)NC2=O)c1C.N#Cc1ccc(O)cc1Cl. The molecule has 6 rings (SSSR count). The van der Waals surface area contributed by atoms with Gasteiger partial charge in [0, 0.05) is 81.2 Å². The number of benzene rings is 2. The number of ether oxygens (including phenoxy) is 1. The molecular weight excluding hydrogens is 790 g/mol. The van der Waals surface area contributed by atoms with Crippen molar-refractivity contribution in [3.05, 3.63) is 75.7 Å². The first-order valence-corrected chi connectivity index (χ1v) is 20.8. The minimum Gasteiger partial charge on any atom is -0.508 e. The molecule has 3 saturated heterocycles. The summed E-state index contributed by atoms with van der Waals surface area (Å²) >= 11 is 5.55. The van der Waals surface area contributed by atoms with E-state index in [0.717, 1.165) is 94.9 Å². The number of carbonyl (C=O) groups excluding carboxylic acids is 5. The van der Waals surface area contributed by atoms with E-state index in [1.54, 1.807) is 25.1 Å². The Hall–Kier alpha value is -5.79. The lowest BCUT2D eigenvalue weighted by molar-refractivity contribution is -0.139. The number of hydrogen-bond donors (Lipinski definition) is 5. The quantitative estimate of drug-likeness (QED) is 0.0949. The van der Waals surface area contributed by atoms with Crippen LogP contribution in [0.2, 0.25) is 5.02 Å². The molecule has 1 aliphatic carbocycles. The van der Waals surface area contributed by atoms with Gasteiger partial charge in [-0.05, 0) is 81.4 Å². The molecule has 0 radical (unpaired) electrons. The first kappa shape index (κ1) is 45.3. The van der Waals surface area contributed by atoms with E-state index in [0.29, 0.717) is 35.0 Å². The highest BCUT2D eigenvalue weighted by molar-refractivity contribution is 6.31.